The summed E-state index contributed by atoms with van der Waals surface area (Å²) in [7, 11) is 0. The summed E-state index contributed by atoms with van der Waals surface area (Å²) in [6.45, 7) is 5.77. The second kappa shape index (κ2) is 8.42. The Morgan fingerprint density at radius 3 is 2.48 bits per heavy atom. The van der Waals surface area contributed by atoms with Crippen molar-refractivity contribution in [2.45, 2.75) is 33.2 Å². The zero-order chi connectivity index (χ0) is 15.8. The molecule has 2 amide bonds. The Morgan fingerprint density at radius 2 is 1.90 bits per heavy atom. The van der Waals surface area contributed by atoms with E-state index in [4.69, 9.17) is 5.11 Å². The summed E-state index contributed by atoms with van der Waals surface area (Å²) in [6, 6.07) is 7.15. The molecule has 1 aromatic rings. The predicted molar refractivity (Wildman–Crippen MR) is 82.0 cm³/mol. The molecule has 5 heteroatoms. The monoisotopic (exact) mass is 292 g/mol. The number of rotatable bonds is 7. The average molecular weight is 292 g/mol. The van der Waals surface area contributed by atoms with E-state index in [2.05, 4.69) is 10.6 Å². The van der Waals surface area contributed by atoms with Gasteiger partial charge in [0, 0.05) is 18.2 Å². The second-order valence-electron chi connectivity index (χ2n) is 5.43. The van der Waals surface area contributed by atoms with E-state index in [1.807, 2.05) is 32.9 Å². The first kappa shape index (κ1) is 17.2. The van der Waals surface area contributed by atoms with Crippen molar-refractivity contribution in [1.29, 1.82) is 0 Å². The Kier molecular flexibility index (Phi) is 6.88. The second-order valence-corrected chi connectivity index (χ2v) is 5.43. The lowest BCUT2D eigenvalue weighted by molar-refractivity contribution is -0.121. The maximum absolute atomic E-state index is 12.0. The quantitative estimate of drug-likeness (QED) is 0.707. The first-order valence-electron chi connectivity index (χ1n) is 7.19. The summed E-state index contributed by atoms with van der Waals surface area (Å²) >= 11 is 0. The van der Waals surface area contributed by atoms with Crippen LogP contribution in [0.15, 0.2) is 24.3 Å². The van der Waals surface area contributed by atoms with Gasteiger partial charge in [-0.15, -0.1) is 0 Å². The summed E-state index contributed by atoms with van der Waals surface area (Å²) in [6.07, 6.45) is 0.509. The number of hydrogen-bond acceptors (Lipinski definition) is 3. The number of carbonyl (C=O) groups is 2. The summed E-state index contributed by atoms with van der Waals surface area (Å²) in [5.74, 6) is -0.274. The molecule has 1 atom stereocenters. The van der Waals surface area contributed by atoms with Gasteiger partial charge < -0.3 is 15.7 Å². The van der Waals surface area contributed by atoms with E-state index < -0.39 is 0 Å². The molecule has 116 valence electrons. The minimum atomic E-state index is -0.258. The maximum Gasteiger partial charge on any atom is 0.251 e. The number of aliphatic hydroxyl groups is 1. The molecule has 0 aliphatic carbocycles. The fourth-order valence-corrected chi connectivity index (χ4v) is 2.05. The highest BCUT2D eigenvalue weighted by Crippen LogP contribution is 2.07. The molecule has 1 aromatic carbocycles. The molecule has 0 bridgehead atoms. The topological polar surface area (TPSA) is 78.4 Å². The van der Waals surface area contributed by atoms with Crippen LogP contribution >= 0.6 is 0 Å². The van der Waals surface area contributed by atoms with E-state index in [0.717, 1.165) is 5.56 Å². The molecule has 0 heterocycles. The van der Waals surface area contributed by atoms with Crippen LogP contribution in [0, 0.1) is 12.8 Å². The lowest BCUT2D eigenvalue weighted by Gasteiger charge is -2.21. The fourth-order valence-electron chi connectivity index (χ4n) is 2.05. The summed E-state index contributed by atoms with van der Waals surface area (Å²) in [5.41, 5.74) is 1.44. The van der Waals surface area contributed by atoms with Crippen LogP contribution in [-0.2, 0) is 4.79 Å². The van der Waals surface area contributed by atoms with Gasteiger partial charge in [0.25, 0.3) is 5.91 Å². The van der Waals surface area contributed by atoms with Crippen molar-refractivity contribution >= 4 is 11.8 Å². The molecule has 21 heavy (non-hydrogen) atoms. The molecule has 0 aliphatic rings. The molecular weight excluding hydrogens is 268 g/mol. The minimum absolute atomic E-state index is 0.0265. The smallest absolute Gasteiger partial charge is 0.251 e. The van der Waals surface area contributed by atoms with Crippen molar-refractivity contribution in [2.75, 3.05) is 13.2 Å². The first-order valence-corrected chi connectivity index (χ1v) is 7.19. The number of aliphatic hydroxyl groups excluding tert-OH is 1. The lowest BCUT2D eigenvalue weighted by atomic mass is 10.0. The standard InChI is InChI=1S/C16H24N2O3/c1-11(2)14(8-9-19)18-15(20)10-17-16(21)13-7-5-4-6-12(13)3/h4-7,11,14,19H,8-10H2,1-3H3,(H,17,21)(H,18,20). The molecular formula is C16H24N2O3. The number of amides is 2. The first-order chi connectivity index (χ1) is 9.95. The van der Waals surface area contributed by atoms with Crippen LogP contribution in [0.1, 0.15) is 36.2 Å². The number of nitrogens with one attached hydrogen (secondary N) is 2. The molecule has 0 fully saturated rings. The van der Waals surface area contributed by atoms with E-state index in [1.54, 1.807) is 12.1 Å². The van der Waals surface area contributed by atoms with Crippen LogP contribution in [0.2, 0.25) is 0 Å². The van der Waals surface area contributed by atoms with Gasteiger partial charge in [-0.25, -0.2) is 0 Å². The Balaban J connectivity index is 2.49. The third kappa shape index (κ3) is 5.55. The van der Waals surface area contributed by atoms with Crippen LogP contribution in [0.5, 0.6) is 0 Å². The number of aryl methyl sites for hydroxylation is 1. The molecule has 0 radical (unpaired) electrons. The number of hydrogen-bond donors (Lipinski definition) is 3. The zero-order valence-electron chi connectivity index (χ0n) is 12.8. The van der Waals surface area contributed by atoms with Crippen LogP contribution in [0.3, 0.4) is 0 Å². The zero-order valence-corrected chi connectivity index (χ0v) is 12.8. The molecule has 1 rings (SSSR count). The highest BCUT2D eigenvalue weighted by atomic mass is 16.3. The van der Waals surface area contributed by atoms with E-state index in [0.29, 0.717) is 12.0 Å². The van der Waals surface area contributed by atoms with Crippen molar-refractivity contribution in [3.05, 3.63) is 35.4 Å². The SMILES string of the molecule is Cc1ccccc1C(=O)NCC(=O)NC(CCO)C(C)C. The van der Waals surface area contributed by atoms with E-state index in [9.17, 15) is 9.59 Å². The van der Waals surface area contributed by atoms with Gasteiger partial charge >= 0.3 is 0 Å². The third-order valence-corrected chi connectivity index (χ3v) is 3.39. The molecule has 5 nitrogen and oxygen atoms in total. The molecule has 3 N–H and O–H groups in total. The number of carbonyl (C=O) groups excluding carboxylic acids is 2. The van der Waals surface area contributed by atoms with E-state index in [-0.39, 0.29) is 36.9 Å². The van der Waals surface area contributed by atoms with Crippen LogP contribution in [0.25, 0.3) is 0 Å². The van der Waals surface area contributed by atoms with Crippen molar-refractivity contribution in [2.24, 2.45) is 5.92 Å². The van der Waals surface area contributed by atoms with Crippen molar-refractivity contribution < 1.29 is 14.7 Å². The predicted octanol–water partition coefficient (Wildman–Crippen LogP) is 1.25. The Bertz CT molecular complexity index is 486. The van der Waals surface area contributed by atoms with Crippen molar-refractivity contribution in [3.63, 3.8) is 0 Å². The summed E-state index contributed by atoms with van der Waals surface area (Å²) < 4.78 is 0. The molecule has 0 aromatic heterocycles. The Labute approximate surface area is 125 Å². The molecule has 0 saturated heterocycles. The van der Waals surface area contributed by atoms with Gasteiger partial charge in [0.05, 0.1) is 6.54 Å². The van der Waals surface area contributed by atoms with E-state index in [1.165, 1.54) is 0 Å². The number of benzene rings is 1. The Hall–Kier alpha value is -1.88. The summed E-state index contributed by atoms with van der Waals surface area (Å²) in [5, 5.41) is 14.4. The van der Waals surface area contributed by atoms with Crippen LogP contribution in [-0.4, -0.2) is 36.1 Å². The average Bonchev–Trinajstić information content (AvgIpc) is 2.44. The van der Waals surface area contributed by atoms with Crippen LogP contribution < -0.4 is 10.6 Å². The Morgan fingerprint density at radius 1 is 1.24 bits per heavy atom. The third-order valence-electron chi connectivity index (χ3n) is 3.39. The van der Waals surface area contributed by atoms with Gasteiger partial charge in [-0.1, -0.05) is 32.0 Å². The lowest BCUT2D eigenvalue weighted by Crippen LogP contribution is -2.44. The summed E-state index contributed by atoms with van der Waals surface area (Å²) in [4.78, 5) is 23.8. The van der Waals surface area contributed by atoms with Gasteiger partial charge in [-0.2, -0.15) is 0 Å². The fraction of sp³-hybridized carbons (Fsp3) is 0.500. The molecule has 1 unspecified atom stereocenters. The van der Waals surface area contributed by atoms with Gasteiger partial charge in [0.15, 0.2) is 0 Å². The van der Waals surface area contributed by atoms with Gasteiger partial charge in [-0.3, -0.25) is 9.59 Å². The van der Waals surface area contributed by atoms with Crippen LogP contribution in [0.4, 0.5) is 0 Å². The molecule has 0 spiro atoms. The highest BCUT2D eigenvalue weighted by Gasteiger charge is 2.16. The molecule has 0 aliphatic heterocycles. The van der Waals surface area contributed by atoms with E-state index >= 15 is 0 Å². The highest BCUT2D eigenvalue weighted by molar-refractivity contribution is 5.97. The van der Waals surface area contributed by atoms with Crippen molar-refractivity contribution in [1.82, 2.24) is 10.6 Å². The normalized spacial score (nSPS) is 12.0. The maximum atomic E-state index is 12.0. The minimum Gasteiger partial charge on any atom is -0.396 e. The van der Waals surface area contributed by atoms with Crippen molar-refractivity contribution in [3.8, 4) is 0 Å². The molecule has 0 saturated carbocycles. The van der Waals surface area contributed by atoms with Gasteiger partial charge in [0.2, 0.25) is 5.91 Å². The largest absolute Gasteiger partial charge is 0.396 e. The van der Waals surface area contributed by atoms with Gasteiger partial charge in [-0.05, 0) is 30.9 Å². The van der Waals surface area contributed by atoms with Gasteiger partial charge in [0.1, 0.15) is 0 Å².